The number of hydrogen-bond acceptors (Lipinski definition) is 2. The first kappa shape index (κ1) is 10.1. The SMILES string of the molecule is CSc1cccc(/C=C(\C)I)n1. The number of hydrogen-bond donors (Lipinski definition) is 0. The van der Waals surface area contributed by atoms with Crippen molar-refractivity contribution >= 4 is 40.4 Å². The first-order chi connectivity index (χ1) is 5.72. The molecule has 1 heterocycles. The maximum absolute atomic E-state index is 4.41. The van der Waals surface area contributed by atoms with Crippen LogP contribution >= 0.6 is 34.4 Å². The van der Waals surface area contributed by atoms with Crippen LogP contribution in [0.4, 0.5) is 0 Å². The van der Waals surface area contributed by atoms with E-state index in [1.807, 2.05) is 24.5 Å². The molecular formula is C9H10INS. The predicted octanol–water partition coefficient (Wildman–Crippen LogP) is 3.60. The first-order valence-electron chi connectivity index (χ1n) is 3.57. The molecule has 0 aliphatic heterocycles. The van der Waals surface area contributed by atoms with Gasteiger partial charge < -0.3 is 0 Å². The number of halogens is 1. The highest BCUT2D eigenvalue weighted by atomic mass is 127. The first-order valence-corrected chi connectivity index (χ1v) is 5.87. The molecule has 0 unspecified atom stereocenters. The van der Waals surface area contributed by atoms with E-state index in [1.54, 1.807) is 11.8 Å². The molecule has 0 aliphatic rings. The van der Waals surface area contributed by atoms with Gasteiger partial charge in [0.1, 0.15) is 0 Å². The highest BCUT2D eigenvalue weighted by Gasteiger charge is 1.92. The van der Waals surface area contributed by atoms with E-state index in [0.717, 1.165) is 10.7 Å². The molecule has 0 fully saturated rings. The summed E-state index contributed by atoms with van der Waals surface area (Å²) < 4.78 is 1.25. The summed E-state index contributed by atoms with van der Waals surface area (Å²) in [5, 5.41) is 1.07. The van der Waals surface area contributed by atoms with Gasteiger partial charge in [-0.1, -0.05) is 6.07 Å². The van der Waals surface area contributed by atoms with Crippen LogP contribution < -0.4 is 0 Å². The van der Waals surface area contributed by atoms with Gasteiger partial charge in [-0.3, -0.25) is 0 Å². The third kappa shape index (κ3) is 3.15. The van der Waals surface area contributed by atoms with E-state index in [4.69, 9.17) is 0 Å². The summed E-state index contributed by atoms with van der Waals surface area (Å²) in [5.41, 5.74) is 1.04. The average Bonchev–Trinajstić information content (AvgIpc) is 2.03. The van der Waals surface area contributed by atoms with E-state index in [0.29, 0.717) is 0 Å². The van der Waals surface area contributed by atoms with Crippen LogP contribution in [0, 0.1) is 0 Å². The summed E-state index contributed by atoms with van der Waals surface area (Å²) in [5.74, 6) is 0. The number of pyridine rings is 1. The zero-order chi connectivity index (χ0) is 8.97. The lowest BCUT2D eigenvalue weighted by Gasteiger charge is -1.96. The van der Waals surface area contributed by atoms with Gasteiger partial charge in [0.25, 0.3) is 0 Å². The summed E-state index contributed by atoms with van der Waals surface area (Å²) in [4.78, 5) is 4.41. The van der Waals surface area contributed by atoms with Crippen molar-refractivity contribution in [2.45, 2.75) is 11.9 Å². The van der Waals surface area contributed by atoms with Crippen LogP contribution in [-0.4, -0.2) is 11.2 Å². The molecule has 0 N–H and O–H groups in total. The second kappa shape index (κ2) is 4.87. The van der Waals surface area contributed by atoms with E-state index in [-0.39, 0.29) is 0 Å². The maximum atomic E-state index is 4.41. The molecule has 1 aromatic heterocycles. The van der Waals surface area contributed by atoms with Gasteiger partial charge in [-0.25, -0.2) is 4.98 Å². The van der Waals surface area contributed by atoms with Crippen LogP contribution in [0.2, 0.25) is 0 Å². The molecule has 1 nitrogen and oxygen atoms in total. The molecule has 3 heteroatoms. The highest BCUT2D eigenvalue weighted by molar-refractivity contribution is 14.1. The lowest BCUT2D eigenvalue weighted by molar-refractivity contribution is 1.12. The summed E-state index contributed by atoms with van der Waals surface area (Å²) in [6, 6.07) is 6.07. The largest absolute Gasteiger partial charge is 0.242 e. The number of nitrogens with zero attached hydrogens (tertiary/aromatic N) is 1. The Hall–Kier alpha value is -0.0300. The quantitative estimate of drug-likeness (QED) is 0.610. The van der Waals surface area contributed by atoms with E-state index in [1.165, 1.54) is 3.58 Å². The van der Waals surface area contributed by atoms with E-state index < -0.39 is 0 Å². The molecule has 1 rings (SSSR count). The molecule has 0 amide bonds. The van der Waals surface area contributed by atoms with E-state index in [9.17, 15) is 0 Å². The number of allylic oxidation sites excluding steroid dienone is 1. The lowest BCUT2D eigenvalue weighted by atomic mass is 10.3. The van der Waals surface area contributed by atoms with Crippen molar-refractivity contribution in [3.8, 4) is 0 Å². The predicted molar refractivity (Wildman–Crippen MR) is 63.7 cm³/mol. The van der Waals surface area contributed by atoms with Crippen LogP contribution in [-0.2, 0) is 0 Å². The fraction of sp³-hybridized carbons (Fsp3) is 0.222. The molecule has 0 atom stereocenters. The lowest BCUT2D eigenvalue weighted by Crippen LogP contribution is -1.82. The van der Waals surface area contributed by atoms with Crippen LogP contribution in [0.15, 0.2) is 26.8 Å². The molecule has 0 bridgehead atoms. The summed E-state index contributed by atoms with van der Waals surface area (Å²) >= 11 is 3.95. The zero-order valence-electron chi connectivity index (χ0n) is 7.04. The molecule has 0 saturated heterocycles. The molecule has 1 aromatic rings. The fourth-order valence-corrected chi connectivity index (χ4v) is 1.56. The molecule has 12 heavy (non-hydrogen) atoms. The Labute approximate surface area is 90.8 Å². The number of thioether (sulfide) groups is 1. The molecule has 0 aromatic carbocycles. The molecule has 0 radical (unpaired) electrons. The number of rotatable bonds is 2. The van der Waals surface area contributed by atoms with Crippen LogP contribution in [0.3, 0.4) is 0 Å². The van der Waals surface area contributed by atoms with Crippen molar-refractivity contribution in [2.75, 3.05) is 6.26 Å². The minimum atomic E-state index is 1.04. The molecule has 0 saturated carbocycles. The van der Waals surface area contributed by atoms with Gasteiger partial charge in [-0.05, 0) is 57.6 Å². The van der Waals surface area contributed by atoms with Crippen molar-refractivity contribution < 1.29 is 0 Å². The maximum Gasteiger partial charge on any atom is 0.0964 e. The molecule has 64 valence electrons. The van der Waals surface area contributed by atoms with Crippen LogP contribution in [0.25, 0.3) is 6.08 Å². The Morgan fingerprint density at radius 3 is 2.92 bits per heavy atom. The normalized spacial score (nSPS) is 11.8. The average molecular weight is 291 g/mol. The van der Waals surface area contributed by atoms with Crippen molar-refractivity contribution in [3.63, 3.8) is 0 Å². The van der Waals surface area contributed by atoms with Gasteiger partial charge in [0.05, 0.1) is 10.7 Å². The standard InChI is InChI=1S/C9H10INS/c1-7(10)6-8-4-3-5-9(11-8)12-2/h3-6H,1-2H3/b7-6+. The van der Waals surface area contributed by atoms with Gasteiger partial charge in [-0.2, -0.15) is 0 Å². The Balaban J connectivity index is 2.94. The molecular weight excluding hydrogens is 281 g/mol. The van der Waals surface area contributed by atoms with Crippen molar-refractivity contribution in [1.29, 1.82) is 0 Å². The van der Waals surface area contributed by atoms with Crippen LogP contribution in [0.1, 0.15) is 12.6 Å². The highest BCUT2D eigenvalue weighted by Crippen LogP contribution is 2.14. The van der Waals surface area contributed by atoms with Crippen molar-refractivity contribution in [2.24, 2.45) is 0 Å². The number of aromatic nitrogens is 1. The van der Waals surface area contributed by atoms with E-state index >= 15 is 0 Å². The van der Waals surface area contributed by atoms with Gasteiger partial charge in [0, 0.05) is 0 Å². The van der Waals surface area contributed by atoms with Gasteiger partial charge in [0.15, 0.2) is 0 Å². The summed E-state index contributed by atoms with van der Waals surface area (Å²) in [6.07, 6.45) is 4.10. The van der Waals surface area contributed by atoms with E-state index in [2.05, 4.69) is 40.6 Å². The second-order valence-corrected chi connectivity index (χ2v) is 4.86. The van der Waals surface area contributed by atoms with Crippen LogP contribution in [0.5, 0.6) is 0 Å². The minimum Gasteiger partial charge on any atom is -0.242 e. The summed E-state index contributed by atoms with van der Waals surface area (Å²) in [7, 11) is 0. The van der Waals surface area contributed by atoms with Crippen molar-refractivity contribution in [3.05, 3.63) is 27.5 Å². The monoisotopic (exact) mass is 291 g/mol. The van der Waals surface area contributed by atoms with Gasteiger partial charge in [-0.15, -0.1) is 11.8 Å². The topological polar surface area (TPSA) is 12.9 Å². The Morgan fingerprint density at radius 1 is 1.58 bits per heavy atom. The van der Waals surface area contributed by atoms with Gasteiger partial charge >= 0.3 is 0 Å². The summed E-state index contributed by atoms with van der Waals surface area (Å²) in [6.45, 7) is 2.06. The molecule has 0 spiro atoms. The third-order valence-electron chi connectivity index (χ3n) is 1.30. The van der Waals surface area contributed by atoms with Crippen molar-refractivity contribution in [1.82, 2.24) is 4.98 Å². The Bertz CT molecular complexity index is 292. The molecule has 0 aliphatic carbocycles. The minimum absolute atomic E-state index is 1.04. The Morgan fingerprint density at radius 2 is 2.33 bits per heavy atom. The third-order valence-corrected chi connectivity index (χ3v) is 2.26. The zero-order valence-corrected chi connectivity index (χ0v) is 10.0. The smallest absolute Gasteiger partial charge is 0.0964 e. The Kier molecular flexibility index (Phi) is 4.08. The second-order valence-electron chi connectivity index (χ2n) is 2.34. The van der Waals surface area contributed by atoms with Gasteiger partial charge in [0.2, 0.25) is 0 Å². The fourth-order valence-electron chi connectivity index (χ4n) is 0.829.